The lowest BCUT2D eigenvalue weighted by Gasteiger charge is -2.04. The highest BCUT2D eigenvalue weighted by Crippen LogP contribution is 2.16. The maximum absolute atomic E-state index is 11.0. The minimum absolute atomic E-state index is 0.276. The third-order valence-electron chi connectivity index (χ3n) is 6.21. The first-order valence-corrected chi connectivity index (χ1v) is 13.5. The van der Waals surface area contributed by atoms with Crippen molar-refractivity contribution in [3.05, 3.63) is 69.9 Å². The van der Waals surface area contributed by atoms with Crippen LogP contribution in [0.5, 0.6) is 0 Å². The molecule has 0 atom stereocenters. The maximum Gasteiger partial charge on any atom is 0.130 e. The van der Waals surface area contributed by atoms with Crippen LogP contribution in [0.1, 0.15) is 132 Å². The summed E-state index contributed by atoms with van der Waals surface area (Å²) in [6, 6.07) is 0. The normalized spacial score (nSPS) is 13.9. The lowest BCUT2D eigenvalue weighted by Crippen LogP contribution is -1.87. The van der Waals surface area contributed by atoms with E-state index in [4.69, 9.17) is 0 Å². The average Bonchev–Trinajstić information content (AvgIpc) is 2.73. The molecule has 0 radical (unpaired) electrons. The van der Waals surface area contributed by atoms with E-state index in [0.29, 0.717) is 6.42 Å². The molecular weight excluding hydrogens is 412 g/mol. The van der Waals surface area contributed by atoms with Crippen molar-refractivity contribution in [1.82, 2.24) is 0 Å². The second kappa shape index (κ2) is 20.5. The Morgan fingerprint density at radius 2 is 0.618 bits per heavy atom. The fourth-order valence-electron chi connectivity index (χ4n) is 3.81. The first kappa shape index (κ1) is 32.1. The SMILES string of the molecule is CC(=O)CCC=C(C)CCC=C(C)CCC=C(C)CCC=C(C)CCC=C(C)CCC=C(C)C. The molecule has 0 aromatic carbocycles. The van der Waals surface area contributed by atoms with Crippen molar-refractivity contribution in [3.63, 3.8) is 0 Å². The van der Waals surface area contributed by atoms with Crippen LogP contribution in [0.15, 0.2) is 69.9 Å². The molecule has 0 aliphatic rings. The molecule has 0 aliphatic heterocycles. The lowest BCUT2D eigenvalue weighted by atomic mass is 10.0. The number of carbonyl (C=O) groups excluding carboxylic acids is 1. The molecule has 0 N–H and O–H groups in total. The number of carbonyl (C=O) groups is 1. The van der Waals surface area contributed by atoms with Gasteiger partial charge in [0.2, 0.25) is 0 Å². The van der Waals surface area contributed by atoms with Gasteiger partial charge in [-0.25, -0.2) is 0 Å². The number of allylic oxidation sites excluding steroid dienone is 12. The van der Waals surface area contributed by atoms with Gasteiger partial charge in [0.25, 0.3) is 0 Å². The second-order valence-corrected chi connectivity index (χ2v) is 10.5. The van der Waals surface area contributed by atoms with E-state index in [1.54, 1.807) is 6.92 Å². The van der Waals surface area contributed by atoms with Gasteiger partial charge in [-0.3, -0.25) is 0 Å². The molecule has 0 saturated heterocycles. The van der Waals surface area contributed by atoms with Crippen LogP contribution in [-0.4, -0.2) is 5.78 Å². The van der Waals surface area contributed by atoms with Crippen LogP contribution in [0.4, 0.5) is 0 Å². The predicted octanol–water partition coefficient (Wildman–Crippen LogP) is 11.0. The number of Topliss-reactive ketones (excluding diaryl/α,β-unsaturated/α-hetero) is 1. The molecule has 0 aromatic heterocycles. The van der Waals surface area contributed by atoms with Gasteiger partial charge >= 0.3 is 0 Å². The highest BCUT2D eigenvalue weighted by Gasteiger charge is 1.96. The molecule has 0 bridgehead atoms. The molecule has 0 fully saturated rings. The van der Waals surface area contributed by atoms with Crippen molar-refractivity contribution >= 4 is 5.78 Å². The molecule has 0 unspecified atom stereocenters. The summed E-state index contributed by atoms with van der Waals surface area (Å²) in [4.78, 5) is 11.0. The van der Waals surface area contributed by atoms with Gasteiger partial charge in [0.05, 0.1) is 0 Å². The molecule has 0 rings (SSSR count). The molecular formula is C33H54O. The van der Waals surface area contributed by atoms with Crippen molar-refractivity contribution in [2.24, 2.45) is 0 Å². The smallest absolute Gasteiger partial charge is 0.130 e. The van der Waals surface area contributed by atoms with Gasteiger partial charge in [0.15, 0.2) is 0 Å². The summed E-state index contributed by atoms with van der Waals surface area (Å²) >= 11 is 0. The molecule has 0 aromatic rings. The van der Waals surface area contributed by atoms with Gasteiger partial charge in [-0.1, -0.05) is 69.9 Å². The molecule has 0 spiro atoms. The van der Waals surface area contributed by atoms with Crippen molar-refractivity contribution in [2.75, 3.05) is 0 Å². The lowest BCUT2D eigenvalue weighted by molar-refractivity contribution is -0.116. The molecule has 1 nitrogen and oxygen atoms in total. The summed E-state index contributed by atoms with van der Waals surface area (Å²) in [5.41, 5.74) is 8.85. The van der Waals surface area contributed by atoms with Crippen LogP contribution in [0, 0.1) is 0 Å². The second-order valence-electron chi connectivity index (χ2n) is 10.5. The molecule has 192 valence electrons. The molecule has 0 saturated carbocycles. The highest BCUT2D eigenvalue weighted by molar-refractivity contribution is 5.75. The molecule has 0 aliphatic carbocycles. The largest absolute Gasteiger partial charge is 0.300 e. The van der Waals surface area contributed by atoms with Crippen LogP contribution < -0.4 is 0 Å². The Bertz CT molecular complexity index is 760. The predicted molar refractivity (Wildman–Crippen MR) is 154 cm³/mol. The number of rotatable bonds is 18. The van der Waals surface area contributed by atoms with Crippen LogP contribution in [-0.2, 0) is 4.79 Å². The first-order valence-electron chi connectivity index (χ1n) is 13.5. The summed E-state index contributed by atoms with van der Waals surface area (Å²) < 4.78 is 0. The summed E-state index contributed by atoms with van der Waals surface area (Å²) in [5, 5.41) is 0. The Hall–Kier alpha value is -1.89. The van der Waals surface area contributed by atoms with Crippen molar-refractivity contribution in [3.8, 4) is 0 Å². The van der Waals surface area contributed by atoms with Crippen LogP contribution in [0.2, 0.25) is 0 Å². The minimum atomic E-state index is 0.276. The number of hydrogen-bond donors (Lipinski definition) is 0. The summed E-state index contributed by atoms with van der Waals surface area (Å²) in [5.74, 6) is 0.276. The van der Waals surface area contributed by atoms with Crippen molar-refractivity contribution in [2.45, 2.75) is 132 Å². The Kier molecular flexibility index (Phi) is 19.3. The first-order chi connectivity index (χ1) is 16.1. The third kappa shape index (κ3) is 21.9. The molecule has 0 heterocycles. The third-order valence-corrected chi connectivity index (χ3v) is 6.21. The van der Waals surface area contributed by atoms with E-state index in [-0.39, 0.29) is 5.78 Å². The zero-order chi connectivity index (χ0) is 25.8. The quantitative estimate of drug-likeness (QED) is 0.183. The zero-order valence-electron chi connectivity index (χ0n) is 23.9. The van der Waals surface area contributed by atoms with Gasteiger partial charge in [-0.05, 0) is 126 Å². The van der Waals surface area contributed by atoms with E-state index < -0.39 is 0 Å². The summed E-state index contributed by atoms with van der Waals surface area (Å²) in [6.45, 7) is 17.3. The number of hydrogen-bond acceptors (Lipinski definition) is 1. The number of ketones is 1. The van der Waals surface area contributed by atoms with E-state index in [1.165, 1.54) is 59.1 Å². The molecule has 34 heavy (non-hydrogen) atoms. The highest BCUT2D eigenvalue weighted by atomic mass is 16.1. The summed E-state index contributed by atoms with van der Waals surface area (Å²) in [7, 11) is 0. The van der Waals surface area contributed by atoms with Gasteiger partial charge in [-0.15, -0.1) is 0 Å². The van der Waals surface area contributed by atoms with E-state index in [9.17, 15) is 4.79 Å². The van der Waals surface area contributed by atoms with E-state index in [1.807, 2.05) is 0 Å². The molecule has 1 heteroatoms. The van der Waals surface area contributed by atoms with Gasteiger partial charge < -0.3 is 4.79 Å². The van der Waals surface area contributed by atoms with E-state index >= 15 is 0 Å². The fourth-order valence-corrected chi connectivity index (χ4v) is 3.81. The minimum Gasteiger partial charge on any atom is -0.300 e. The van der Waals surface area contributed by atoms with Crippen molar-refractivity contribution in [1.29, 1.82) is 0 Å². The van der Waals surface area contributed by atoms with E-state index in [0.717, 1.165) is 44.9 Å². The van der Waals surface area contributed by atoms with Crippen LogP contribution >= 0.6 is 0 Å². The fraction of sp³-hybridized carbons (Fsp3) is 0.606. The Balaban J connectivity index is 4.12. The summed E-state index contributed by atoms with van der Waals surface area (Å²) in [6.07, 6.45) is 27.3. The van der Waals surface area contributed by atoms with Gasteiger partial charge in [0, 0.05) is 6.42 Å². The van der Waals surface area contributed by atoms with E-state index in [2.05, 4.69) is 84.9 Å². The topological polar surface area (TPSA) is 17.1 Å². The Morgan fingerprint density at radius 1 is 0.382 bits per heavy atom. The van der Waals surface area contributed by atoms with Crippen molar-refractivity contribution < 1.29 is 4.79 Å². The standard InChI is InChI=1S/C33H54O/c1-27(2)15-9-16-28(3)17-10-18-29(4)19-11-20-30(5)21-12-22-31(6)23-13-24-32(7)25-14-26-33(8)34/h15,17,19,21,23,25H,9-14,16,18,20,22,24,26H2,1-8H3. The Labute approximate surface area is 212 Å². The maximum atomic E-state index is 11.0. The Morgan fingerprint density at radius 3 is 0.853 bits per heavy atom. The van der Waals surface area contributed by atoms with Gasteiger partial charge in [0.1, 0.15) is 5.78 Å². The van der Waals surface area contributed by atoms with Gasteiger partial charge in [-0.2, -0.15) is 0 Å². The molecule has 0 amide bonds. The average molecular weight is 467 g/mol. The zero-order valence-corrected chi connectivity index (χ0v) is 23.9. The monoisotopic (exact) mass is 466 g/mol. The van der Waals surface area contributed by atoms with Crippen LogP contribution in [0.25, 0.3) is 0 Å². The van der Waals surface area contributed by atoms with Crippen LogP contribution in [0.3, 0.4) is 0 Å².